The van der Waals surface area contributed by atoms with E-state index in [9.17, 15) is 4.79 Å². The highest BCUT2D eigenvalue weighted by Gasteiger charge is 2.15. The Labute approximate surface area is 146 Å². The first kappa shape index (κ1) is 17.9. The van der Waals surface area contributed by atoms with Gasteiger partial charge in [-0.25, -0.2) is 0 Å². The van der Waals surface area contributed by atoms with Crippen LogP contribution in [-0.2, 0) is 4.79 Å². The van der Waals surface area contributed by atoms with E-state index in [1.54, 1.807) is 50.6 Å². The van der Waals surface area contributed by atoms with Gasteiger partial charge in [0.15, 0.2) is 6.61 Å². The van der Waals surface area contributed by atoms with Crippen LogP contribution in [-0.4, -0.2) is 26.7 Å². The van der Waals surface area contributed by atoms with Gasteiger partial charge in [0.05, 0.1) is 20.3 Å². The molecule has 1 N–H and O–H groups in total. The quantitative estimate of drug-likeness (QED) is 0.829. The summed E-state index contributed by atoms with van der Waals surface area (Å²) in [6, 6.07) is 12.1. The van der Waals surface area contributed by atoms with Crippen molar-refractivity contribution in [3.05, 3.63) is 53.1 Å². The van der Waals surface area contributed by atoms with E-state index in [0.717, 1.165) is 5.56 Å². The second-order valence-corrected chi connectivity index (χ2v) is 5.58. The van der Waals surface area contributed by atoms with Crippen LogP contribution >= 0.6 is 11.6 Å². The molecule has 0 spiro atoms. The number of ether oxygens (including phenoxy) is 3. The van der Waals surface area contributed by atoms with Gasteiger partial charge in [-0.2, -0.15) is 0 Å². The molecule has 0 radical (unpaired) electrons. The summed E-state index contributed by atoms with van der Waals surface area (Å²) in [6.45, 7) is 1.77. The van der Waals surface area contributed by atoms with E-state index in [0.29, 0.717) is 22.3 Å². The lowest BCUT2D eigenvalue weighted by atomic mass is 10.1. The summed E-state index contributed by atoms with van der Waals surface area (Å²) < 4.78 is 16.0. The highest BCUT2D eigenvalue weighted by molar-refractivity contribution is 6.30. The van der Waals surface area contributed by atoms with E-state index in [2.05, 4.69) is 5.32 Å². The molecular formula is C18H20ClNO4. The first-order chi connectivity index (χ1) is 11.5. The van der Waals surface area contributed by atoms with Crippen molar-refractivity contribution in [1.82, 2.24) is 5.32 Å². The van der Waals surface area contributed by atoms with E-state index in [-0.39, 0.29) is 18.6 Å². The van der Waals surface area contributed by atoms with Crippen molar-refractivity contribution in [3.8, 4) is 17.2 Å². The average Bonchev–Trinajstić information content (AvgIpc) is 2.59. The smallest absolute Gasteiger partial charge is 0.258 e. The molecular weight excluding hydrogens is 330 g/mol. The summed E-state index contributed by atoms with van der Waals surface area (Å²) in [7, 11) is 3.18. The fourth-order valence-electron chi connectivity index (χ4n) is 2.24. The van der Waals surface area contributed by atoms with Crippen molar-refractivity contribution < 1.29 is 19.0 Å². The van der Waals surface area contributed by atoms with Crippen molar-refractivity contribution >= 4 is 17.5 Å². The molecule has 0 aromatic heterocycles. The molecule has 0 saturated carbocycles. The second kappa shape index (κ2) is 8.45. The van der Waals surface area contributed by atoms with Gasteiger partial charge in [-0.15, -0.1) is 0 Å². The van der Waals surface area contributed by atoms with Gasteiger partial charge in [0, 0.05) is 10.6 Å². The van der Waals surface area contributed by atoms with Crippen molar-refractivity contribution in [2.24, 2.45) is 0 Å². The van der Waals surface area contributed by atoms with Crippen molar-refractivity contribution in [1.29, 1.82) is 0 Å². The van der Waals surface area contributed by atoms with Crippen LogP contribution in [0.15, 0.2) is 42.5 Å². The van der Waals surface area contributed by atoms with Gasteiger partial charge in [0.2, 0.25) is 0 Å². The minimum atomic E-state index is -0.259. The maximum atomic E-state index is 12.1. The third-order valence-electron chi connectivity index (χ3n) is 3.45. The molecule has 2 rings (SSSR count). The number of benzene rings is 2. The zero-order chi connectivity index (χ0) is 17.5. The predicted molar refractivity (Wildman–Crippen MR) is 93.1 cm³/mol. The average molecular weight is 350 g/mol. The topological polar surface area (TPSA) is 56.8 Å². The summed E-state index contributed by atoms with van der Waals surface area (Å²) in [4.78, 5) is 12.1. The Hall–Kier alpha value is -2.40. The number of rotatable bonds is 7. The monoisotopic (exact) mass is 349 g/mol. The molecule has 0 aliphatic rings. The van der Waals surface area contributed by atoms with Gasteiger partial charge in [0.1, 0.15) is 17.2 Å². The van der Waals surface area contributed by atoms with Crippen molar-refractivity contribution in [3.63, 3.8) is 0 Å². The molecule has 0 heterocycles. The van der Waals surface area contributed by atoms with Crippen LogP contribution in [0, 0.1) is 0 Å². The van der Waals surface area contributed by atoms with Crippen LogP contribution in [0.2, 0.25) is 5.02 Å². The van der Waals surface area contributed by atoms with E-state index < -0.39 is 0 Å². The van der Waals surface area contributed by atoms with E-state index in [1.807, 2.05) is 13.0 Å². The lowest BCUT2D eigenvalue weighted by molar-refractivity contribution is -0.123. The maximum Gasteiger partial charge on any atom is 0.258 e. The molecule has 0 aliphatic heterocycles. The molecule has 6 heteroatoms. The van der Waals surface area contributed by atoms with Gasteiger partial charge in [-0.05, 0) is 43.3 Å². The van der Waals surface area contributed by atoms with Crippen LogP contribution in [0.4, 0.5) is 0 Å². The SMILES string of the molecule is COc1ccc(OC)c([C@@H](C)NC(=O)COc2cccc(Cl)c2)c1. The lowest BCUT2D eigenvalue weighted by Crippen LogP contribution is -2.31. The summed E-state index contributed by atoms with van der Waals surface area (Å²) in [6.07, 6.45) is 0. The Kier molecular flexibility index (Phi) is 6.32. The zero-order valence-corrected chi connectivity index (χ0v) is 14.6. The van der Waals surface area contributed by atoms with E-state index in [4.69, 9.17) is 25.8 Å². The summed E-state index contributed by atoms with van der Waals surface area (Å²) in [5.74, 6) is 1.68. The molecule has 24 heavy (non-hydrogen) atoms. The fourth-order valence-corrected chi connectivity index (χ4v) is 2.42. The Morgan fingerprint density at radius 2 is 1.92 bits per heavy atom. The molecule has 1 atom stereocenters. The number of hydrogen-bond acceptors (Lipinski definition) is 4. The van der Waals surface area contributed by atoms with Crippen molar-refractivity contribution in [2.45, 2.75) is 13.0 Å². The minimum Gasteiger partial charge on any atom is -0.497 e. The van der Waals surface area contributed by atoms with E-state index in [1.165, 1.54) is 0 Å². The van der Waals surface area contributed by atoms with Crippen LogP contribution < -0.4 is 19.5 Å². The first-order valence-corrected chi connectivity index (χ1v) is 7.81. The Balaban J connectivity index is 1.98. The number of amides is 1. The van der Waals surface area contributed by atoms with Gasteiger partial charge < -0.3 is 19.5 Å². The fraction of sp³-hybridized carbons (Fsp3) is 0.278. The number of halogens is 1. The summed E-state index contributed by atoms with van der Waals surface area (Å²) in [5, 5.41) is 3.43. The molecule has 0 aliphatic carbocycles. The van der Waals surface area contributed by atoms with Crippen LogP contribution in [0.3, 0.4) is 0 Å². The second-order valence-electron chi connectivity index (χ2n) is 5.14. The predicted octanol–water partition coefficient (Wildman–Crippen LogP) is 3.61. The number of hydrogen-bond donors (Lipinski definition) is 1. The van der Waals surface area contributed by atoms with Crippen LogP contribution in [0.1, 0.15) is 18.5 Å². The number of carbonyl (C=O) groups excluding carboxylic acids is 1. The largest absolute Gasteiger partial charge is 0.497 e. The number of nitrogens with one attached hydrogen (secondary N) is 1. The molecule has 2 aromatic carbocycles. The third kappa shape index (κ3) is 4.80. The molecule has 128 valence electrons. The molecule has 0 bridgehead atoms. The molecule has 1 amide bonds. The van der Waals surface area contributed by atoms with Gasteiger partial charge in [-0.3, -0.25) is 4.79 Å². The molecule has 0 unspecified atom stereocenters. The maximum absolute atomic E-state index is 12.1. The Bertz CT molecular complexity index is 705. The van der Waals surface area contributed by atoms with Crippen LogP contribution in [0.5, 0.6) is 17.2 Å². The molecule has 0 fully saturated rings. The standard InChI is InChI=1S/C18H20ClNO4/c1-12(16-10-14(22-2)7-8-17(16)23-3)20-18(21)11-24-15-6-4-5-13(19)9-15/h4-10,12H,11H2,1-3H3,(H,20,21)/t12-/m1/s1. The normalized spacial score (nSPS) is 11.5. The molecule has 0 saturated heterocycles. The molecule has 5 nitrogen and oxygen atoms in total. The van der Waals surface area contributed by atoms with Gasteiger partial charge in [0.25, 0.3) is 5.91 Å². The third-order valence-corrected chi connectivity index (χ3v) is 3.68. The Morgan fingerprint density at radius 1 is 1.12 bits per heavy atom. The van der Waals surface area contributed by atoms with Gasteiger partial charge in [-0.1, -0.05) is 17.7 Å². The number of carbonyl (C=O) groups is 1. The lowest BCUT2D eigenvalue weighted by Gasteiger charge is -2.18. The minimum absolute atomic E-state index is 0.100. The summed E-state index contributed by atoms with van der Waals surface area (Å²) in [5.41, 5.74) is 0.827. The first-order valence-electron chi connectivity index (χ1n) is 7.43. The summed E-state index contributed by atoms with van der Waals surface area (Å²) >= 11 is 5.88. The number of methoxy groups -OCH3 is 2. The molecule has 2 aromatic rings. The highest BCUT2D eigenvalue weighted by Crippen LogP contribution is 2.29. The highest BCUT2D eigenvalue weighted by atomic mass is 35.5. The van der Waals surface area contributed by atoms with E-state index >= 15 is 0 Å². The zero-order valence-electron chi connectivity index (χ0n) is 13.8. The van der Waals surface area contributed by atoms with Crippen LogP contribution in [0.25, 0.3) is 0 Å². The Morgan fingerprint density at radius 3 is 2.58 bits per heavy atom. The van der Waals surface area contributed by atoms with Gasteiger partial charge >= 0.3 is 0 Å². The van der Waals surface area contributed by atoms with Crippen molar-refractivity contribution in [2.75, 3.05) is 20.8 Å².